The summed E-state index contributed by atoms with van der Waals surface area (Å²) in [6, 6.07) is 8.97. The molecule has 12 heteroatoms. The maximum atomic E-state index is 13.5. The number of amides is 1. The van der Waals surface area contributed by atoms with E-state index in [1.807, 2.05) is 6.92 Å². The van der Waals surface area contributed by atoms with Crippen LogP contribution in [0.5, 0.6) is 5.75 Å². The van der Waals surface area contributed by atoms with Gasteiger partial charge in [0.05, 0.1) is 7.11 Å². The number of hydrogen-bond donors (Lipinski definition) is 3. The summed E-state index contributed by atoms with van der Waals surface area (Å²) in [5.74, 6) is 0.952. The van der Waals surface area contributed by atoms with E-state index in [0.29, 0.717) is 46.5 Å². The number of nitrogens with zero attached hydrogens (tertiary/aromatic N) is 4. The lowest BCUT2D eigenvalue weighted by molar-refractivity contribution is -0.125. The van der Waals surface area contributed by atoms with Gasteiger partial charge in [-0.05, 0) is 43.3 Å². The zero-order valence-electron chi connectivity index (χ0n) is 20.5. The number of pyridine rings is 1. The Hall–Kier alpha value is -4.58. The average molecular weight is 508 g/mol. The van der Waals surface area contributed by atoms with Crippen LogP contribution in [0.25, 0.3) is 34.2 Å². The van der Waals surface area contributed by atoms with Crippen molar-refractivity contribution in [1.82, 2.24) is 25.3 Å². The van der Waals surface area contributed by atoms with Crippen LogP contribution in [0.15, 0.2) is 53.2 Å². The van der Waals surface area contributed by atoms with Crippen molar-refractivity contribution in [2.24, 2.45) is 0 Å². The number of carbonyl (C=O) groups is 1. The van der Waals surface area contributed by atoms with Crippen molar-refractivity contribution in [3.05, 3.63) is 54.6 Å². The van der Waals surface area contributed by atoms with E-state index in [0.717, 1.165) is 0 Å². The van der Waals surface area contributed by atoms with Gasteiger partial charge in [-0.1, -0.05) is 0 Å². The summed E-state index contributed by atoms with van der Waals surface area (Å²) in [7, 11) is 2.95. The summed E-state index contributed by atoms with van der Waals surface area (Å²) < 4.78 is 29.7. The second-order valence-corrected chi connectivity index (χ2v) is 8.06. The van der Waals surface area contributed by atoms with Crippen LogP contribution >= 0.6 is 0 Å². The lowest BCUT2D eigenvalue weighted by Gasteiger charge is -2.14. The molecule has 3 heterocycles. The number of benzene rings is 1. The number of rotatable bonds is 10. The lowest BCUT2D eigenvalue weighted by Crippen LogP contribution is -2.39. The van der Waals surface area contributed by atoms with Crippen LogP contribution in [-0.2, 0) is 9.53 Å². The van der Waals surface area contributed by atoms with Crippen LogP contribution in [-0.4, -0.2) is 59.3 Å². The molecule has 0 aliphatic carbocycles. The number of halogens is 1. The molecule has 1 atom stereocenters. The van der Waals surface area contributed by atoms with Crippen LogP contribution in [0.3, 0.4) is 0 Å². The highest BCUT2D eigenvalue weighted by Crippen LogP contribution is 2.37. The Morgan fingerprint density at radius 3 is 2.65 bits per heavy atom. The minimum Gasteiger partial charge on any atom is -0.493 e. The molecule has 0 radical (unpaired) electrons. The Bertz CT molecular complexity index is 1380. The van der Waals surface area contributed by atoms with Crippen LogP contribution in [0.1, 0.15) is 6.92 Å². The van der Waals surface area contributed by atoms with Gasteiger partial charge >= 0.3 is 0 Å². The van der Waals surface area contributed by atoms with Gasteiger partial charge in [-0.25, -0.2) is 24.3 Å². The fourth-order valence-electron chi connectivity index (χ4n) is 3.47. The maximum absolute atomic E-state index is 13.5. The second-order valence-electron chi connectivity index (χ2n) is 8.06. The predicted octanol–water partition coefficient (Wildman–Crippen LogP) is 3.15. The van der Waals surface area contributed by atoms with Crippen molar-refractivity contribution in [1.29, 1.82) is 0 Å². The van der Waals surface area contributed by atoms with Gasteiger partial charge in [-0.2, -0.15) is 0 Å². The predicted molar refractivity (Wildman–Crippen MR) is 135 cm³/mol. The van der Waals surface area contributed by atoms with Crippen molar-refractivity contribution < 1.29 is 23.1 Å². The van der Waals surface area contributed by atoms with Gasteiger partial charge in [-0.15, -0.1) is 0 Å². The minimum absolute atomic E-state index is 0.0221. The van der Waals surface area contributed by atoms with Gasteiger partial charge in [0.2, 0.25) is 17.7 Å². The van der Waals surface area contributed by atoms with Crippen molar-refractivity contribution >= 4 is 17.7 Å². The molecule has 0 saturated carbocycles. The molecule has 3 aromatic heterocycles. The topological polar surface area (TPSA) is 150 Å². The molecule has 4 aromatic rings. The zero-order valence-corrected chi connectivity index (χ0v) is 20.5. The number of ether oxygens (including phenoxy) is 2. The first-order valence-corrected chi connectivity index (χ1v) is 11.3. The summed E-state index contributed by atoms with van der Waals surface area (Å²) in [5, 5.41) is 5.90. The molecule has 1 aromatic carbocycles. The number of nitrogens with two attached hydrogens (primary N) is 1. The monoisotopic (exact) mass is 507 g/mol. The lowest BCUT2D eigenvalue weighted by atomic mass is 10.1. The molecule has 4 N–H and O–H groups in total. The van der Waals surface area contributed by atoms with Gasteiger partial charge in [-0.3, -0.25) is 4.79 Å². The van der Waals surface area contributed by atoms with Gasteiger partial charge in [0.15, 0.2) is 17.3 Å². The first-order valence-electron chi connectivity index (χ1n) is 11.3. The van der Waals surface area contributed by atoms with E-state index >= 15 is 0 Å². The summed E-state index contributed by atoms with van der Waals surface area (Å²) in [6.45, 7) is 2.20. The molecular formula is C25H26FN7O4. The summed E-state index contributed by atoms with van der Waals surface area (Å²) in [6.07, 6.45) is 3.13. The molecule has 192 valence electrons. The molecular weight excluding hydrogens is 481 g/mol. The summed E-state index contributed by atoms with van der Waals surface area (Å²) >= 11 is 0. The molecule has 4 rings (SSSR count). The first kappa shape index (κ1) is 25.5. The third-order valence-electron chi connectivity index (χ3n) is 5.23. The van der Waals surface area contributed by atoms with Crippen LogP contribution in [0.4, 0.5) is 16.2 Å². The van der Waals surface area contributed by atoms with Crippen LogP contribution < -0.4 is 21.1 Å². The van der Waals surface area contributed by atoms with Gasteiger partial charge < -0.3 is 30.3 Å². The first-order chi connectivity index (χ1) is 17.9. The van der Waals surface area contributed by atoms with Crippen LogP contribution in [0, 0.1) is 5.82 Å². The fraction of sp³-hybridized carbons (Fsp3) is 0.240. The van der Waals surface area contributed by atoms with E-state index in [9.17, 15) is 9.18 Å². The SMILES string of the molecule is COCC(=O)NC(C)CNc1nccc(-c2oc(-c3ccc(F)cc3)nc2-c2cnc(N)c(OC)c2)n1. The Morgan fingerprint density at radius 1 is 1.14 bits per heavy atom. The quantitative estimate of drug-likeness (QED) is 0.292. The third kappa shape index (κ3) is 6.16. The smallest absolute Gasteiger partial charge is 0.246 e. The second kappa shape index (κ2) is 11.4. The Balaban J connectivity index is 1.68. The van der Waals surface area contributed by atoms with E-state index in [2.05, 4.69) is 30.6 Å². The maximum Gasteiger partial charge on any atom is 0.246 e. The third-order valence-corrected chi connectivity index (χ3v) is 5.23. The van der Waals surface area contributed by atoms with Crippen molar-refractivity contribution in [2.45, 2.75) is 13.0 Å². The molecule has 11 nitrogen and oxygen atoms in total. The number of nitrogen functional groups attached to an aromatic ring is 1. The standard InChI is InChI=1S/C25H26FN7O4/c1-14(31-20(34)13-35-2)11-30-25-28-9-8-18(32-25)22-21(16-10-19(36-3)23(27)29-12-16)33-24(37-22)15-4-6-17(26)7-5-15/h4-10,12,14H,11,13H2,1-3H3,(H2,27,29)(H,31,34)(H,28,30,32). The van der Waals surface area contributed by atoms with Crippen LogP contribution in [0.2, 0.25) is 0 Å². The largest absolute Gasteiger partial charge is 0.493 e. The van der Waals surface area contributed by atoms with E-state index in [1.54, 1.807) is 36.7 Å². The number of methoxy groups -OCH3 is 2. The fourth-order valence-corrected chi connectivity index (χ4v) is 3.47. The van der Waals surface area contributed by atoms with Gasteiger partial charge in [0.1, 0.15) is 23.8 Å². The van der Waals surface area contributed by atoms with Crippen molar-refractivity contribution in [3.8, 4) is 39.9 Å². The normalized spacial score (nSPS) is 11.7. The molecule has 1 amide bonds. The van der Waals surface area contributed by atoms with E-state index < -0.39 is 0 Å². The molecule has 1 unspecified atom stereocenters. The van der Waals surface area contributed by atoms with E-state index in [1.165, 1.54) is 26.4 Å². The molecule has 0 saturated heterocycles. The molecule has 0 bridgehead atoms. The highest BCUT2D eigenvalue weighted by molar-refractivity contribution is 5.79. The minimum atomic E-state index is -0.373. The molecule has 0 aliphatic rings. The number of hydrogen-bond acceptors (Lipinski definition) is 10. The highest BCUT2D eigenvalue weighted by Gasteiger charge is 2.21. The van der Waals surface area contributed by atoms with Gasteiger partial charge in [0.25, 0.3) is 0 Å². The molecule has 0 spiro atoms. The number of carbonyl (C=O) groups excluding carboxylic acids is 1. The number of anilines is 2. The Morgan fingerprint density at radius 2 is 1.92 bits per heavy atom. The molecule has 37 heavy (non-hydrogen) atoms. The number of aromatic nitrogens is 4. The van der Waals surface area contributed by atoms with E-state index in [-0.39, 0.29) is 36.1 Å². The Kier molecular flexibility index (Phi) is 7.89. The van der Waals surface area contributed by atoms with E-state index in [4.69, 9.17) is 19.6 Å². The van der Waals surface area contributed by atoms with Gasteiger partial charge in [0, 0.05) is 43.2 Å². The average Bonchev–Trinajstić information content (AvgIpc) is 3.34. The highest BCUT2D eigenvalue weighted by atomic mass is 19.1. The summed E-state index contributed by atoms with van der Waals surface area (Å²) in [4.78, 5) is 29.4. The zero-order chi connectivity index (χ0) is 26.4. The van der Waals surface area contributed by atoms with Crippen molar-refractivity contribution in [2.75, 3.05) is 38.4 Å². The number of oxazole rings is 1. The number of nitrogens with one attached hydrogen (secondary N) is 2. The Labute approximate surface area is 212 Å². The molecule has 0 fully saturated rings. The summed E-state index contributed by atoms with van der Waals surface area (Å²) in [5.41, 5.74) is 7.93. The van der Waals surface area contributed by atoms with Crippen molar-refractivity contribution in [3.63, 3.8) is 0 Å². The molecule has 0 aliphatic heterocycles.